The molecule has 2 nitrogen and oxygen atoms in total. The number of rotatable bonds is 2. The van der Waals surface area contributed by atoms with E-state index in [9.17, 15) is 8.78 Å². The number of furan rings is 1. The topological polar surface area (TPSA) is 39.2 Å². The largest absolute Gasteiger partial charge is 0.466 e. The third-order valence-corrected chi connectivity index (χ3v) is 3.03. The molecular weight excluding hydrogens is 236 g/mol. The molecule has 1 atom stereocenters. The van der Waals surface area contributed by atoms with Gasteiger partial charge in [0.15, 0.2) is 0 Å². The fourth-order valence-corrected chi connectivity index (χ4v) is 2.03. The molecule has 0 spiro atoms. The molecule has 0 aliphatic carbocycles. The number of halogens is 2. The molecule has 0 bridgehead atoms. The summed E-state index contributed by atoms with van der Waals surface area (Å²) in [6, 6.07) is 3.33. The highest BCUT2D eigenvalue weighted by Crippen LogP contribution is 2.28. The summed E-state index contributed by atoms with van der Waals surface area (Å²) in [5, 5.41) is 0. The zero-order chi connectivity index (χ0) is 13.4. The Morgan fingerprint density at radius 2 is 1.67 bits per heavy atom. The summed E-state index contributed by atoms with van der Waals surface area (Å²) in [5.74, 6) is 0.366. The quantitative estimate of drug-likeness (QED) is 0.886. The molecule has 4 heteroatoms. The van der Waals surface area contributed by atoms with Crippen LogP contribution in [0.4, 0.5) is 8.78 Å². The van der Waals surface area contributed by atoms with E-state index in [4.69, 9.17) is 10.2 Å². The van der Waals surface area contributed by atoms with Crippen LogP contribution in [0.15, 0.2) is 22.6 Å². The minimum Gasteiger partial charge on any atom is -0.466 e. The van der Waals surface area contributed by atoms with Crippen molar-refractivity contribution >= 4 is 0 Å². The zero-order valence-corrected chi connectivity index (χ0v) is 10.6. The van der Waals surface area contributed by atoms with Gasteiger partial charge in [-0.15, -0.1) is 0 Å². The molecular formula is C14H15F2NO. The van der Waals surface area contributed by atoms with Crippen molar-refractivity contribution in [3.63, 3.8) is 0 Å². The number of nitrogens with two attached hydrogens (primary N) is 1. The molecule has 96 valence electrons. The van der Waals surface area contributed by atoms with Crippen LogP contribution in [0.1, 0.15) is 34.3 Å². The minimum absolute atomic E-state index is 0.141. The van der Waals surface area contributed by atoms with Crippen LogP contribution in [-0.2, 0) is 0 Å². The van der Waals surface area contributed by atoms with Gasteiger partial charge in [0, 0.05) is 11.1 Å². The lowest BCUT2D eigenvalue weighted by molar-refractivity contribution is 0.498. The van der Waals surface area contributed by atoms with Gasteiger partial charge in [0.2, 0.25) is 0 Å². The van der Waals surface area contributed by atoms with Crippen LogP contribution in [0, 0.1) is 32.4 Å². The van der Waals surface area contributed by atoms with Crippen LogP contribution >= 0.6 is 0 Å². The second-order valence-electron chi connectivity index (χ2n) is 4.47. The van der Waals surface area contributed by atoms with E-state index in [1.807, 2.05) is 0 Å². The highest BCUT2D eigenvalue weighted by Gasteiger charge is 2.19. The average molecular weight is 251 g/mol. The van der Waals surface area contributed by atoms with Crippen molar-refractivity contribution in [2.45, 2.75) is 26.8 Å². The SMILES string of the molecule is Cc1cc(C(N)c2cc(F)c(C)cc2F)c(C)o1. The smallest absolute Gasteiger partial charge is 0.128 e. The van der Waals surface area contributed by atoms with E-state index in [2.05, 4.69) is 0 Å². The number of hydrogen-bond donors (Lipinski definition) is 1. The molecule has 0 saturated heterocycles. The molecule has 0 fully saturated rings. The van der Waals surface area contributed by atoms with Crippen LogP contribution in [0.5, 0.6) is 0 Å². The van der Waals surface area contributed by atoms with Gasteiger partial charge in [0.25, 0.3) is 0 Å². The summed E-state index contributed by atoms with van der Waals surface area (Å²) >= 11 is 0. The van der Waals surface area contributed by atoms with Gasteiger partial charge in [0.05, 0.1) is 6.04 Å². The van der Waals surface area contributed by atoms with Crippen molar-refractivity contribution in [1.82, 2.24) is 0 Å². The summed E-state index contributed by atoms with van der Waals surface area (Å²) in [4.78, 5) is 0. The summed E-state index contributed by atoms with van der Waals surface area (Å²) in [6.45, 7) is 5.06. The first-order valence-electron chi connectivity index (χ1n) is 5.68. The fourth-order valence-electron chi connectivity index (χ4n) is 2.03. The second-order valence-corrected chi connectivity index (χ2v) is 4.47. The third-order valence-electron chi connectivity index (χ3n) is 3.03. The molecule has 0 aliphatic heterocycles. The molecule has 2 N–H and O–H groups in total. The van der Waals surface area contributed by atoms with Crippen molar-refractivity contribution in [3.05, 3.63) is 58.0 Å². The summed E-state index contributed by atoms with van der Waals surface area (Å²) in [7, 11) is 0. The van der Waals surface area contributed by atoms with Crippen LogP contribution < -0.4 is 5.73 Å². The van der Waals surface area contributed by atoms with Crippen molar-refractivity contribution in [1.29, 1.82) is 0 Å². The maximum Gasteiger partial charge on any atom is 0.128 e. The molecule has 2 rings (SSSR count). The maximum atomic E-state index is 13.8. The predicted molar refractivity (Wildman–Crippen MR) is 65.3 cm³/mol. The van der Waals surface area contributed by atoms with E-state index in [-0.39, 0.29) is 11.1 Å². The van der Waals surface area contributed by atoms with Crippen LogP contribution in [0.2, 0.25) is 0 Å². The Bertz CT molecular complexity index is 590. The average Bonchev–Trinajstić information content (AvgIpc) is 2.62. The second kappa shape index (κ2) is 4.53. The lowest BCUT2D eigenvalue weighted by Crippen LogP contribution is -2.14. The van der Waals surface area contributed by atoms with E-state index < -0.39 is 17.7 Å². The van der Waals surface area contributed by atoms with Gasteiger partial charge >= 0.3 is 0 Å². The molecule has 18 heavy (non-hydrogen) atoms. The molecule has 1 heterocycles. The zero-order valence-electron chi connectivity index (χ0n) is 10.6. The van der Waals surface area contributed by atoms with Crippen LogP contribution in [-0.4, -0.2) is 0 Å². The van der Waals surface area contributed by atoms with Gasteiger partial charge in [-0.3, -0.25) is 0 Å². The first-order chi connectivity index (χ1) is 8.40. The number of benzene rings is 1. The Hall–Kier alpha value is -1.68. The molecule has 0 amide bonds. The van der Waals surface area contributed by atoms with Crippen molar-refractivity contribution in [3.8, 4) is 0 Å². The van der Waals surface area contributed by atoms with Gasteiger partial charge in [0.1, 0.15) is 23.2 Å². The van der Waals surface area contributed by atoms with E-state index in [0.29, 0.717) is 17.1 Å². The Balaban J connectivity index is 2.49. The highest BCUT2D eigenvalue weighted by molar-refractivity contribution is 5.36. The summed E-state index contributed by atoms with van der Waals surface area (Å²) in [5.41, 5.74) is 7.07. The normalized spacial score (nSPS) is 12.8. The molecule has 0 radical (unpaired) electrons. The van der Waals surface area contributed by atoms with Crippen molar-refractivity contribution in [2.24, 2.45) is 5.73 Å². The molecule has 0 saturated carbocycles. The van der Waals surface area contributed by atoms with Gasteiger partial charge < -0.3 is 10.2 Å². The van der Waals surface area contributed by atoms with Crippen molar-refractivity contribution in [2.75, 3.05) is 0 Å². The lowest BCUT2D eigenvalue weighted by Gasteiger charge is -2.13. The van der Waals surface area contributed by atoms with E-state index in [1.54, 1.807) is 19.9 Å². The number of aryl methyl sites for hydroxylation is 3. The van der Waals surface area contributed by atoms with Crippen LogP contribution in [0.25, 0.3) is 0 Å². The Morgan fingerprint density at radius 3 is 2.22 bits per heavy atom. The molecule has 0 aliphatic rings. The molecule has 1 aromatic heterocycles. The fraction of sp³-hybridized carbons (Fsp3) is 0.286. The first kappa shape index (κ1) is 12.8. The minimum atomic E-state index is -0.724. The maximum absolute atomic E-state index is 13.8. The van der Waals surface area contributed by atoms with Crippen LogP contribution in [0.3, 0.4) is 0 Å². The number of hydrogen-bond acceptors (Lipinski definition) is 2. The summed E-state index contributed by atoms with van der Waals surface area (Å²) < 4.78 is 32.7. The Labute approximate surface area is 104 Å². The van der Waals surface area contributed by atoms with Gasteiger partial charge in [-0.1, -0.05) is 0 Å². The highest BCUT2D eigenvalue weighted by atomic mass is 19.1. The molecule has 2 aromatic rings. The Morgan fingerprint density at radius 1 is 1.00 bits per heavy atom. The van der Waals surface area contributed by atoms with Gasteiger partial charge in [-0.2, -0.15) is 0 Å². The van der Waals surface area contributed by atoms with E-state index >= 15 is 0 Å². The first-order valence-corrected chi connectivity index (χ1v) is 5.68. The monoisotopic (exact) mass is 251 g/mol. The Kier molecular flexibility index (Phi) is 3.22. The molecule has 1 unspecified atom stereocenters. The molecule has 1 aromatic carbocycles. The van der Waals surface area contributed by atoms with E-state index in [0.717, 1.165) is 12.1 Å². The predicted octanol–water partition coefficient (Wildman–Crippen LogP) is 3.53. The standard InChI is InChI=1S/C14H15F2NO/c1-7-4-13(16)11(6-12(7)15)14(17)10-5-8(2)18-9(10)3/h4-6,14H,17H2,1-3H3. The third kappa shape index (κ3) is 2.16. The van der Waals surface area contributed by atoms with E-state index in [1.165, 1.54) is 6.92 Å². The van der Waals surface area contributed by atoms with Gasteiger partial charge in [-0.05, 0) is 44.5 Å². The lowest BCUT2D eigenvalue weighted by atomic mass is 9.98. The van der Waals surface area contributed by atoms with Crippen molar-refractivity contribution < 1.29 is 13.2 Å². The van der Waals surface area contributed by atoms with Gasteiger partial charge in [-0.25, -0.2) is 8.78 Å². The summed E-state index contributed by atoms with van der Waals surface area (Å²) in [6.07, 6.45) is 0.